The van der Waals surface area contributed by atoms with Crippen molar-refractivity contribution in [2.45, 2.75) is 11.1 Å². The van der Waals surface area contributed by atoms with E-state index in [1.54, 1.807) is 24.3 Å². The van der Waals surface area contributed by atoms with Crippen LogP contribution in [0.2, 0.25) is 0 Å². The summed E-state index contributed by atoms with van der Waals surface area (Å²) >= 11 is 0. The van der Waals surface area contributed by atoms with E-state index in [-0.39, 0.29) is 11.5 Å². The minimum absolute atomic E-state index is 0.0371. The van der Waals surface area contributed by atoms with E-state index in [2.05, 4.69) is 0 Å². The van der Waals surface area contributed by atoms with Crippen LogP contribution in [-0.2, 0) is 20.5 Å². The van der Waals surface area contributed by atoms with Crippen molar-refractivity contribution in [1.82, 2.24) is 0 Å². The molecule has 0 amide bonds. The van der Waals surface area contributed by atoms with Gasteiger partial charge < -0.3 is 19.7 Å². The average Bonchev–Trinajstić information content (AvgIpc) is 3.00. The van der Waals surface area contributed by atoms with Crippen LogP contribution in [0.4, 0.5) is 13.2 Å². The van der Waals surface area contributed by atoms with Crippen molar-refractivity contribution in [3.05, 3.63) is 82.9 Å². The van der Waals surface area contributed by atoms with E-state index in [0.29, 0.717) is 33.8 Å². The summed E-state index contributed by atoms with van der Waals surface area (Å²) in [6.45, 7) is 0. The van der Waals surface area contributed by atoms with Crippen molar-refractivity contribution < 1.29 is 50.6 Å². The number of fused-ring (bicyclic) bond motifs is 6. The number of halogens is 3. The molecule has 0 unspecified atom stereocenters. The Morgan fingerprint density at radius 2 is 1.30 bits per heavy atom. The van der Waals surface area contributed by atoms with E-state index in [9.17, 15) is 28.2 Å². The van der Waals surface area contributed by atoms with Gasteiger partial charge in [-0.3, -0.25) is 4.55 Å². The second-order valence-corrected chi connectivity index (χ2v) is 8.41. The fraction of sp³-hybridized carbons (Fsp3) is 0.0952. The van der Waals surface area contributed by atoms with Crippen LogP contribution < -0.4 is 4.74 Å². The van der Waals surface area contributed by atoms with Crippen LogP contribution >= 0.6 is 0 Å². The molecule has 0 fully saturated rings. The number of hydrogen-bond donors (Lipinski definition) is 3. The van der Waals surface area contributed by atoms with Gasteiger partial charge in [0.25, 0.3) is 0 Å². The summed E-state index contributed by atoms with van der Waals surface area (Å²) in [5, 5.41) is 19.7. The lowest BCUT2D eigenvalue weighted by Gasteiger charge is -2.36. The van der Waals surface area contributed by atoms with Gasteiger partial charge in [0.15, 0.2) is 5.60 Å². The zero-order valence-corrected chi connectivity index (χ0v) is 17.0. The first-order valence-electron chi connectivity index (χ1n) is 9.06. The molecule has 8 nitrogen and oxygen atoms in total. The Labute approximate surface area is 184 Å². The van der Waals surface area contributed by atoms with Gasteiger partial charge in [-0.25, -0.2) is 4.79 Å². The normalized spacial score (nSPS) is 15.3. The summed E-state index contributed by atoms with van der Waals surface area (Å²) < 4.78 is 69.3. The summed E-state index contributed by atoms with van der Waals surface area (Å²) in [6.07, 6.45) is 0. The molecule has 12 heteroatoms. The zero-order chi connectivity index (χ0) is 24.2. The summed E-state index contributed by atoms with van der Waals surface area (Å²) in [6, 6.07) is 16.6. The van der Waals surface area contributed by atoms with Gasteiger partial charge in [0.1, 0.15) is 23.0 Å². The fourth-order valence-corrected chi connectivity index (χ4v) is 3.65. The number of phenolic OH excluding ortho intramolecular Hbond substituents is 2. The van der Waals surface area contributed by atoms with Crippen LogP contribution in [0.25, 0.3) is 0 Å². The molecule has 2 aliphatic heterocycles. The number of carbonyl (C=O) groups excluding carboxylic acids is 1. The first kappa shape index (κ1) is 22.4. The van der Waals surface area contributed by atoms with Crippen LogP contribution in [0.3, 0.4) is 0 Å². The number of phenols is 2. The largest absolute Gasteiger partial charge is 0.522 e. The molecule has 33 heavy (non-hydrogen) atoms. The molecule has 0 radical (unpaired) electrons. The molecule has 0 aliphatic carbocycles. The predicted molar refractivity (Wildman–Crippen MR) is 106 cm³/mol. The third kappa shape index (κ3) is 3.62. The molecular weight excluding hydrogens is 469 g/mol. The lowest BCUT2D eigenvalue weighted by Crippen LogP contribution is -2.32. The van der Waals surface area contributed by atoms with Gasteiger partial charge >= 0.3 is 21.6 Å². The Kier molecular flexibility index (Phi) is 5.02. The first-order valence-corrected chi connectivity index (χ1v) is 10.5. The van der Waals surface area contributed by atoms with E-state index in [4.69, 9.17) is 22.4 Å². The molecule has 1 spiro atoms. The van der Waals surface area contributed by atoms with Gasteiger partial charge in [0.05, 0.1) is 5.56 Å². The number of hydrogen-bond acceptors (Lipinski definition) is 7. The van der Waals surface area contributed by atoms with Gasteiger partial charge in [-0.2, -0.15) is 21.6 Å². The zero-order valence-electron chi connectivity index (χ0n) is 16.2. The molecule has 2 heterocycles. The highest BCUT2D eigenvalue weighted by molar-refractivity contribution is 7.86. The fourth-order valence-electron chi connectivity index (χ4n) is 3.65. The highest BCUT2D eigenvalue weighted by atomic mass is 32.2. The lowest BCUT2D eigenvalue weighted by molar-refractivity contribution is -0.0510. The number of benzene rings is 3. The molecule has 0 saturated heterocycles. The Morgan fingerprint density at radius 3 is 1.79 bits per heavy atom. The minimum Gasteiger partial charge on any atom is -0.508 e. The van der Waals surface area contributed by atoms with Crippen molar-refractivity contribution in [3.8, 4) is 23.0 Å². The molecule has 3 aromatic rings. The van der Waals surface area contributed by atoms with Crippen molar-refractivity contribution >= 4 is 16.1 Å². The maximum atomic E-state index is 12.5. The maximum absolute atomic E-state index is 12.5. The van der Waals surface area contributed by atoms with Crippen LogP contribution in [0.5, 0.6) is 23.0 Å². The molecule has 172 valence electrons. The van der Waals surface area contributed by atoms with Crippen molar-refractivity contribution in [2.75, 3.05) is 0 Å². The number of esters is 1. The monoisotopic (exact) mass is 482 g/mol. The number of aromatic hydroxyl groups is 2. The number of carbonyl (C=O) groups is 1. The minimum atomic E-state index is -5.84. The van der Waals surface area contributed by atoms with Crippen LogP contribution in [0.1, 0.15) is 27.0 Å². The van der Waals surface area contributed by atoms with Crippen molar-refractivity contribution in [1.29, 1.82) is 0 Å². The van der Waals surface area contributed by atoms with Gasteiger partial charge in [-0.05, 0) is 30.3 Å². The smallest absolute Gasteiger partial charge is 0.508 e. The second kappa shape index (κ2) is 7.39. The highest BCUT2D eigenvalue weighted by Crippen LogP contribution is 2.56. The average molecular weight is 482 g/mol. The van der Waals surface area contributed by atoms with Gasteiger partial charge in [-0.15, -0.1) is 0 Å². The molecule has 0 bridgehead atoms. The second-order valence-electron chi connectivity index (χ2n) is 7.00. The topological polar surface area (TPSA) is 130 Å². The van der Waals surface area contributed by atoms with Crippen molar-refractivity contribution in [3.63, 3.8) is 0 Å². The number of ether oxygens (including phenoxy) is 2. The lowest BCUT2D eigenvalue weighted by atomic mass is 9.77. The van der Waals surface area contributed by atoms with Crippen LogP contribution in [0, 0.1) is 0 Å². The Hall–Kier alpha value is -3.77. The quantitative estimate of drug-likeness (QED) is 0.249. The molecule has 2 aliphatic rings. The van der Waals surface area contributed by atoms with Gasteiger partial charge in [0.2, 0.25) is 0 Å². The summed E-state index contributed by atoms with van der Waals surface area (Å²) in [5.74, 6) is 0.408. The summed E-state index contributed by atoms with van der Waals surface area (Å²) in [5.41, 5.74) is -4.25. The first-order chi connectivity index (χ1) is 15.3. The highest BCUT2D eigenvalue weighted by Gasteiger charge is 2.53. The van der Waals surface area contributed by atoms with E-state index < -0.39 is 27.2 Å². The third-order valence-corrected chi connectivity index (χ3v) is 5.56. The summed E-state index contributed by atoms with van der Waals surface area (Å²) in [7, 11) is -5.84. The standard InChI is InChI=1S/C20H12O5.CHF3O3S/c21-11-5-7-15-17(9-11)24-18-10-12(22)6-8-16(18)20(15)14-4-2-1-3-13(14)19(23)25-20;2-1(3,4)8(5,6)7/h1-10,21-22H;(H,5,6,7). The molecule has 0 aromatic heterocycles. The molecule has 3 aromatic carbocycles. The molecule has 5 rings (SSSR count). The Bertz CT molecular complexity index is 1330. The van der Waals surface area contributed by atoms with E-state index in [0.717, 1.165) is 0 Å². The Balaban J connectivity index is 0.000000281. The van der Waals surface area contributed by atoms with Gasteiger partial charge in [-0.1, -0.05) is 18.2 Å². The Morgan fingerprint density at radius 1 is 0.818 bits per heavy atom. The van der Waals surface area contributed by atoms with E-state index >= 15 is 0 Å². The summed E-state index contributed by atoms with van der Waals surface area (Å²) in [4.78, 5) is 12.5. The van der Waals surface area contributed by atoms with Crippen LogP contribution in [-0.4, -0.2) is 34.7 Å². The number of alkyl halides is 3. The molecular formula is C21H13F3O8S. The molecule has 0 atom stereocenters. The predicted octanol–water partition coefficient (Wildman–Crippen LogP) is 4.06. The maximum Gasteiger partial charge on any atom is 0.522 e. The molecule has 3 N–H and O–H groups in total. The number of rotatable bonds is 0. The van der Waals surface area contributed by atoms with Crippen LogP contribution in [0.15, 0.2) is 60.7 Å². The van der Waals surface area contributed by atoms with Gasteiger partial charge in [0, 0.05) is 28.8 Å². The SMILES string of the molecule is O=C1OC2(c3ccc(O)cc3Oc3cc(O)ccc32)c2ccccc21.O=S(=O)(O)C(F)(F)F. The van der Waals surface area contributed by atoms with E-state index in [1.807, 2.05) is 12.1 Å². The third-order valence-electron chi connectivity index (χ3n) is 4.97. The van der Waals surface area contributed by atoms with E-state index in [1.165, 1.54) is 24.3 Å². The van der Waals surface area contributed by atoms with Crippen molar-refractivity contribution in [2.24, 2.45) is 0 Å². The molecule has 0 saturated carbocycles.